The fourth-order valence-electron chi connectivity index (χ4n) is 2.96. The van der Waals surface area contributed by atoms with Crippen LogP contribution in [0.25, 0.3) is 0 Å². The molecular weight excluding hydrogens is 417 g/mol. The smallest absolute Gasteiger partial charge is 0.422 e. The molecule has 160 valence electrons. The van der Waals surface area contributed by atoms with Crippen LogP contribution in [0, 0.1) is 22.8 Å². The van der Waals surface area contributed by atoms with E-state index in [0.717, 1.165) is 0 Å². The summed E-state index contributed by atoms with van der Waals surface area (Å²) >= 11 is 0. The van der Waals surface area contributed by atoms with Crippen molar-refractivity contribution >= 4 is 23.3 Å². The highest BCUT2D eigenvalue weighted by molar-refractivity contribution is 5.98. The van der Waals surface area contributed by atoms with Gasteiger partial charge in [-0.3, -0.25) is 5.32 Å². The lowest BCUT2D eigenvalue weighted by Crippen LogP contribution is -2.32. The van der Waals surface area contributed by atoms with Crippen LogP contribution in [-0.4, -0.2) is 30.8 Å². The number of nitrogens with zero attached hydrogens (tertiary/aromatic N) is 4. The van der Waals surface area contributed by atoms with E-state index >= 15 is 0 Å². The third-order valence-corrected chi connectivity index (χ3v) is 4.25. The summed E-state index contributed by atoms with van der Waals surface area (Å²) in [4.78, 5) is 8.49. The molecule has 13 heteroatoms. The van der Waals surface area contributed by atoms with Crippen molar-refractivity contribution in [2.24, 2.45) is 4.99 Å². The molecular formula is C18H15F3N8O2. The molecule has 10 nitrogen and oxygen atoms in total. The van der Waals surface area contributed by atoms with E-state index in [1.54, 1.807) is 6.19 Å². The van der Waals surface area contributed by atoms with Crippen molar-refractivity contribution in [2.75, 3.05) is 30.5 Å². The highest BCUT2D eigenvalue weighted by atomic mass is 19.4. The quantitative estimate of drug-likeness (QED) is 0.417. The predicted molar refractivity (Wildman–Crippen MR) is 104 cm³/mol. The zero-order chi connectivity index (χ0) is 22.8. The topological polar surface area (TPSA) is 167 Å². The zero-order valence-electron chi connectivity index (χ0n) is 15.9. The van der Waals surface area contributed by atoms with Crippen LogP contribution in [0.4, 0.5) is 30.5 Å². The normalized spacial score (nSPS) is 14.9. The molecule has 1 unspecified atom stereocenters. The third kappa shape index (κ3) is 4.30. The van der Waals surface area contributed by atoms with Gasteiger partial charge >= 0.3 is 6.18 Å². The Morgan fingerprint density at radius 1 is 1.26 bits per heavy atom. The summed E-state index contributed by atoms with van der Waals surface area (Å²) < 4.78 is 47.4. The fraction of sp³-hybridized carbons (Fsp3) is 0.222. The molecule has 1 aromatic heterocycles. The number of ether oxygens (including phenoxy) is 2. The summed E-state index contributed by atoms with van der Waals surface area (Å²) in [6.45, 7) is -1.49. The van der Waals surface area contributed by atoms with Crippen LogP contribution in [0.15, 0.2) is 23.2 Å². The number of fused-ring (bicyclic) bond motifs is 1. The first-order valence-corrected chi connectivity index (χ1v) is 8.54. The van der Waals surface area contributed by atoms with E-state index in [1.807, 2.05) is 6.07 Å². The lowest BCUT2D eigenvalue weighted by molar-refractivity contribution is -0.153. The van der Waals surface area contributed by atoms with E-state index in [0.29, 0.717) is 11.1 Å². The molecule has 0 bridgehead atoms. The zero-order valence-corrected chi connectivity index (χ0v) is 15.9. The number of nitrogen functional groups attached to an aromatic ring is 2. The number of hydrogen-bond donors (Lipinski definition) is 4. The van der Waals surface area contributed by atoms with Gasteiger partial charge in [0.2, 0.25) is 5.96 Å². The number of aliphatic imine (C=N–C) groups is 1. The summed E-state index contributed by atoms with van der Waals surface area (Å²) in [6, 6.07) is 5.17. The first-order chi connectivity index (χ1) is 14.7. The number of guanidine groups is 1. The fourth-order valence-corrected chi connectivity index (χ4v) is 2.96. The van der Waals surface area contributed by atoms with Gasteiger partial charge in [0, 0.05) is 5.56 Å². The van der Waals surface area contributed by atoms with Crippen molar-refractivity contribution in [2.45, 2.75) is 12.2 Å². The van der Waals surface area contributed by atoms with Crippen molar-refractivity contribution in [1.82, 2.24) is 10.3 Å². The van der Waals surface area contributed by atoms with Crippen LogP contribution in [0.2, 0.25) is 0 Å². The monoisotopic (exact) mass is 432 g/mol. The number of nitrogens with one attached hydrogen (secondary N) is 2. The number of pyridine rings is 1. The summed E-state index contributed by atoms with van der Waals surface area (Å²) in [6.07, 6.45) is -2.80. The van der Waals surface area contributed by atoms with Crippen LogP contribution >= 0.6 is 0 Å². The number of rotatable bonds is 4. The maximum atomic E-state index is 12.5. The molecule has 0 aliphatic carbocycles. The van der Waals surface area contributed by atoms with E-state index < -0.39 is 18.8 Å². The Balaban J connectivity index is 2.11. The highest BCUT2D eigenvalue weighted by Crippen LogP contribution is 2.42. The van der Waals surface area contributed by atoms with Gasteiger partial charge < -0.3 is 26.3 Å². The number of alkyl halides is 3. The van der Waals surface area contributed by atoms with E-state index in [2.05, 4.69) is 20.6 Å². The minimum absolute atomic E-state index is 0.0225. The van der Waals surface area contributed by atoms with E-state index in [4.69, 9.17) is 26.2 Å². The Bertz CT molecular complexity index is 1130. The number of hydrogen-bond acceptors (Lipinski definition) is 10. The van der Waals surface area contributed by atoms with Crippen molar-refractivity contribution < 1.29 is 22.6 Å². The molecule has 31 heavy (non-hydrogen) atoms. The maximum Gasteiger partial charge on any atom is 0.422 e. The predicted octanol–water partition coefficient (Wildman–Crippen LogP) is 2.01. The molecule has 0 spiro atoms. The Labute approximate surface area is 173 Å². The number of halogens is 3. The second-order valence-electron chi connectivity index (χ2n) is 6.22. The number of anilines is 3. The molecule has 3 rings (SSSR count). The molecule has 0 saturated heterocycles. The van der Waals surface area contributed by atoms with Crippen LogP contribution in [-0.2, 0) is 0 Å². The Kier molecular flexibility index (Phi) is 5.61. The molecule has 0 saturated carbocycles. The highest BCUT2D eigenvalue weighted by Gasteiger charge is 2.31. The van der Waals surface area contributed by atoms with Crippen molar-refractivity contribution in [1.29, 1.82) is 10.5 Å². The third-order valence-electron chi connectivity index (χ3n) is 4.25. The molecule has 1 atom stereocenters. The Morgan fingerprint density at radius 3 is 2.61 bits per heavy atom. The van der Waals surface area contributed by atoms with E-state index in [1.165, 1.54) is 25.3 Å². The molecule has 1 aliphatic heterocycles. The average Bonchev–Trinajstić information content (AvgIpc) is 2.71. The van der Waals surface area contributed by atoms with Crippen molar-refractivity contribution in [3.8, 4) is 23.8 Å². The van der Waals surface area contributed by atoms with Gasteiger partial charge in [-0.1, -0.05) is 6.07 Å². The van der Waals surface area contributed by atoms with Gasteiger partial charge in [0.05, 0.1) is 12.8 Å². The largest absolute Gasteiger partial charge is 0.493 e. The summed E-state index contributed by atoms with van der Waals surface area (Å²) in [5.41, 5.74) is 12.6. The van der Waals surface area contributed by atoms with Gasteiger partial charge in [-0.15, -0.1) is 0 Å². The second-order valence-corrected chi connectivity index (χ2v) is 6.22. The second kappa shape index (κ2) is 8.16. The number of nitriles is 2. The number of benzene rings is 1. The lowest BCUT2D eigenvalue weighted by atomic mass is 9.95. The summed E-state index contributed by atoms with van der Waals surface area (Å²) in [7, 11) is 1.27. The van der Waals surface area contributed by atoms with Gasteiger partial charge in [-0.25, -0.2) is 9.98 Å². The average molecular weight is 432 g/mol. The number of methoxy groups -OCH3 is 1. The molecule has 6 N–H and O–H groups in total. The molecule has 2 aromatic rings. The minimum Gasteiger partial charge on any atom is -0.493 e. The maximum absolute atomic E-state index is 12.5. The molecule has 0 fully saturated rings. The molecule has 1 aromatic carbocycles. The van der Waals surface area contributed by atoms with Crippen LogP contribution in [0.1, 0.15) is 22.7 Å². The van der Waals surface area contributed by atoms with E-state index in [-0.39, 0.29) is 40.3 Å². The van der Waals surface area contributed by atoms with Crippen molar-refractivity contribution in [3.05, 3.63) is 34.9 Å². The molecule has 0 amide bonds. The van der Waals surface area contributed by atoms with Gasteiger partial charge in [0.1, 0.15) is 29.3 Å². The first-order valence-electron chi connectivity index (χ1n) is 8.54. The Morgan fingerprint density at radius 2 is 2.00 bits per heavy atom. The SMILES string of the molecule is COc1cc(C2N=C(NC#N)Nc3nc(N)c(C#N)c(N)c32)ccc1OCC(F)(F)F. The van der Waals surface area contributed by atoms with E-state index in [9.17, 15) is 18.4 Å². The van der Waals surface area contributed by atoms with Crippen molar-refractivity contribution in [3.63, 3.8) is 0 Å². The molecule has 2 heterocycles. The number of aromatic nitrogens is 1. The summed E-state index contributed by atoms with van der Waals surface area (Å²) in [5.74, 6) is -0.0142. The van der Waals surface area contributed by atoms with Gasteiger partial charge in [0.15, 0.2) is 24.3 Å². The first kappa shape index (κ1) is 21.3. The summed E-state index contributed by atoms with van der Waals surface area (Å²) in [5, 5.41) is 23.4. The van der Waals surface area contributed by atoms with Crippen LogP contribution in [0.5, 0.6) is 11.5 Å². The van der Waals surface area contributed by atoms with Crippen LogP contribution < -0.4 is 31.6 Å². The van der Waals surface area contributed by atoms with Gasteiger partial charge in [-0.05, 0) is 17.7 Å². The molecule has 1 aliphatic rings. The lowest BCUT2D eigenvalue weighted by Gasteiger charge is -2.26. The van der Waals surface area contributed by atoms with Gasteiger partial charge in [0.25, 0.3) is 0 Å². The minimum atomic E-state index is -4.52. The Hall–Kier alpha value is -4.39. The van der Waals surface area contributed by atoms with Gasteiger partial charge in [-0.2, -0.15) is 23.7 Å². The molecule has 0 radical (unpaired) electrons. The number of nitrogens with two attached hydrogens (primary N) is 2. The standard InChI is InChI=1S/C18H15F3N8O2/c1-30-11-4-8(2-3-10(11)31-6-18(19,20)21)14-12-13(24)9(5-22)15(25)28-16(12)29-17(27-14)26-7-23/h2-4,14H,6H2,1H3,(H6,24,25,26,27,28,29). The van der Waals surface area contributed by atoms with Crippen LogP contribution in [0.3, 0.4) is 0 Å².